The number of hydrogen-bond acceptors (Lipinski definition) is 14. The number of aryl methyl sites for hydroxylation is 2. The van der Waals surface area contributed by atoms with Gasteiger partial charge in [0.05, 0.1) is 36.7 Å². The van der Waals surface area contributed by atoms with E-state index in [-0.39, 0.29) is 0 Å². The molecule has 2 aromatic carbocycles. The summed E-state index contributed by atoms with van der Waals surface area (Å²) in [4.78, 5) is 0. The maximum absolute atomic E-state index is 10.3. The quantitative estimate of drug-likeness (QED) is 0.0597. The van der Waals surface area contributed by atoms with Gasteiger partial charge >= 0.3 is 0 Å². The summed E-state index contributed by atoms with van der Waals surface area (Å²) < 4.78 is 15.3. The van der Waals surface area contributed by atoms with Gasteiger partial charge in [-0.2, -0.15) is 0 Å². The molecule has 0 amide bonds. The lowest BCUT2D eigenvalue weighted by Crippen LogP contribution is -2.62. The minimum absolute atomic E-state index is 0.401. The molecule has 2 fully saturated rings. The summed E-state index contributed by atoms with van der Waals surface area (Å²) in [7, 11) is 0. The topological polar surface area (TPSA) is 265 Å². The fraction of sp³-hybridized carbons (Fsp3) is 0.590. The Hall–Kier alpha value is -3.68. The number of unbranched alkanes of at least 4 members (excludes halogenated alkanes) is 2. The van der Waals surface area contributed by atoms with E-state index in [0.29, 0.717) is 39.1 Å². The lowest BCUT2D eigenvalue weighted by Gasteiger charge is -2.39. The van der Waals surface area contributed by atoms with Gasteiger partial charge in [0.1, 0.15) is 24.4 Å². The van der Waals surface area contributed by atoms with Gasteiger partial charge in [-0.05, 0) is 80.0 Å². The molecule has 2 saturated carbocycles. The molecular weight excluding hydrogens is 704 g/mol. The Balaban J connectivity index is 0.862. The number of aliphatic hydroxyl groups excluding tert-OH is 4. The van der Waals surface area contributed by atoms with Crippen LogP contribution in [0.25, 0.3) is 0 Å². The molecule has 6 rings (SSSR count). The SMILES string of the molecule is N[C@@H]1C[C@H](N)[C@@H](OCCCCc2cn(Cc3ccc(Cc4ccc(Cn5cc(CCCCO[C@H]6[C@H](O)[C@@H](O)[C@H](N)C[C@@H]6N)nn5)cc4)cc3)nn2)[C@H](O)[C@H]1O. The normalized spacial score (nSPS) is 28.4. The van der Waals surface area contributed by atoms with Gasteiger partial charge in [0, 0.05) is 49.8 Å². The summed E-state index contributed by atoms with van der Waals surface area (Å²) in [6.07, 6.45) is 4.93. The van der Waals surface area contributed by atoms with E-state index in [1.54, 1.807) is 0 Å². The molecule has 12 N–H and O–H groups in total. The first kappa shape index (κ1) is 41.0. The van der Waals surface area contributed by atoms with Crippen LogP contribution < -0.4 is 22.9 Å². The predicted octanol–water partition coefficient (Wildman–Crippen LogP) is -0.467. The molecule has 2 heterocycles. The Kier molecular flexibility index (Phi) is 14.5. The minimum Gasteiger partial charge on any atom is -0.389 e. The monoisotopic (exact) mass is 762 g/mol. The third-order valence-corrected chi connectivity index (χ3v) is 10.8. The second kappa shape index (κ2) is 19.5. The van der Waals surface area contributed by atoms with E-state index in [1.165, 1.54) is 11.1 Å². The maximum Gasteiger partial charge on any atom is 0.109 e. The van der Waals surface area contributed by atoms with Gasteiger partial charge in [-0.25, -0.2) is 9.36 Å². The van der Waals surface area contributed by atoms with Crippen molar-refractivity contribution in [1.29, 1.82) is 0 Å². The summed E-state index contributed by atoms with van der Waals surface area (Å²) in [5.41, 5.74) is 30.4. The Morgan fingerprint density at radius 3 is 1.31 bits per heavy atom. The van der Waals surface area contributed by atoms with Gasteiger partial charge in [-0.15, -0.1) is 10.2 Å². The van der Waals surface area contributed by atoms with Crippen molar-refractivity contribution < 1.29 is 29.9 Å². The zero-order valence-electron chi connectivity index (χ0n) is 31.3. The highest BCUT2D eigenvalue weighted by Crippen LogP contribution is 2.23. The van der Waals surface area contributed by atoms with E-state index >= 15 is 0 Å². The molecule has 10 atom stereocenters. The van der Waals surface area contributed by atoms with Gasteiger partial charge in [0.2, 0.25) is 0 Å². The summed E-state index contributed by atoms with van der Waals surface area (Å²) in [6.45, 7) is 2.13. The van der Waals surface area contributed by atoms with Gasteiger partial charge in [0.15, 0.2) is 0 Å². The fourth-order valence-corrected chi connectivity index (χ4v) is 7.47. The molecule has 0 radical (unpaired) electrons. The number of aromatic nitrogens is 6. The molecule has 0 spiro atoms. The number of ether oxygens (including phenoxy) is 2. The molecule has 300 valence electrons. The summed E-state index contributed by atoms with van der Waals surface area (Å²) in [5, 5.41) is 57.8. The number of nitrogens with two attached hydrogens (primary N) is 4. The first-order valence-electron chi connectivity index (χ1n) is 19.5. The zero-order valence-corrected chi connectivity index (χ0v) is 31.3. The van der Waals surface area contributed by atoms with Crippen molar-refractivity contribution >= 4 is 0 Å². The number of benzene rings is 2. The third kappa shape index (κ3) is 11.2. The van der Waals surface area contributed by atoms with E-state index in [1.807, 2.05) is 21.8 Å². The van der Waals surface area contributed by atoms with Crippen molar-refractivity contribution in [2.45, 2.75) is 132 Å². The van der Waals surface area contributed by atoms with Crippen molar-refractivity contribution in [3.8, 4) is 0 Å². The van der Waals surface area contributed by atoms with Crippen LogP contribution in [-0.2, 0) is 41.8 Å². The molecule has 4 aromatic rings. The molecule has 0 saturated heterocycles. The molecule has 55 heavy (non-hydrogen) atoms. The van der Waals surface area contributed by atoms with Crippen LogP contribution in [0.5, 0.6) is 0 Å². The standard InChI is InChI=1S/C39H58N10O6/c40-30-18-32(42)38(36(52)34(30)50)54-15-3-1-5-28-22-48(46-44-28)20-26-11-7-24(8-12-26)17-25-9-13-27(14-10-25)21-49-23-29(45-47-49)6-2-4-16-55-39-33(43)19-31(41)35(51)37(39)53/h7-14,22-23,30-39,50-53H,1-6,15-21,40-43H2/t30-,31-,32+,33+,34+,35+,36-,37-,38-,39-/m1/s1. The van der Waals surface area contributed by atoms with Crippen molar-refractivity contribution in [2.75, 3.05) is 13.2 Å². The van der Waals surface area contributed by atoms with Crippen molar-refractivity contribution in [1.82, 2.24) is 30.0 Å². The van der Waals surface area contributed by atoms with Crippen LogP contribution in [0, 0.1) is 0 Å². The van der Waals surface area contributed by atoms with Crippen LogP contribution in [0.4, 0.5) is 0 Å². The van der Waals surface area contributed by atoms with Crippen LogP contribution >= 0.6 is 0 Å². The summed E-state index contributed by atoms with van der Waals surface area (Å²) in [6, 6.07) is 15.3. The largest absolute Gasteiger partial charge is 0.389 e. The maximum atomic E-state index is 10.3. The predicted molar refractivity (Wildman–Crippen MR) is 204 cm³/mol. The number of aliphatic hydroxyl groups is 4. The first-order valence-corrected chi connectivity index (χ1v) is 19.5. The van der Waals surface area contributed by atoms with Crippen LogP contribution in [0.2, 0.25) is 0 Å². The molecular formula is C39H58N10O6. The molecule has 16 nitrogen and oxygen atoms in total. The van der Waals surface area contributed by atoms with Crippen molar-refractivity contribution in [3.05, 3.63) is 94.6 Å². The Morgan fingerprint density at radius 2 is 0.909 bits per heavy atom. The van der Waals surface area contributed by atoms with Gasteiger partial charge < -0.3 is 52.8 Å². The second-order valence-corrected chi connectivity index (χ2v) is 15.3. The van der Waals surface area contributed by atoms with Crippen LogP contribution in [-0.4, -0.2) is 124 Å². The Bertz CT molecular complexity index is 1610. The number of hydrogen-bond donors (Lipinski definition) is 8. The average molecular weight is 763 g/mol. The van der Waals surface area contributed by atoms with Crippen molar-refractivity contribution in [3.63, 3.8) is 0 Å². The molecule has 2 aromatic heterocycles. The van der Waals surface area contributed by atoms with Crippen molar-refractivity contribution in [2.24, 2.45) is 22.9 Å². The lowest BCUT2D eigenvalue weighted by atomic mass is 9.85. The number of rotatable bonds is 18. The van der Waals surface area contributed by atoms with Gasteiger partial charge in [-0.1, -0.05) is 59.0 Å². The lowest BCUT2D eigenvalue weighted by molar-refractivity contribution is -0.127. The highest BCUT2D eigenvalue weighted by Gasteiger charge is 2.42. The fourth-order valence-electron chi connectivity index (χ4n) is 7.47. The van der Waals surface area contributed by atoms with Crippen LogP contribution in [0.3, 0.4) is 0 Å². The minimum atomic E-state index is -1.08. The molecule has 2 aliphatic rings. The second-order valence-electron chi connectivity index (χ2n) is 15.3. The van der Waals surface area contributed by atoms with Crippen LogP contribution in [0.15, 0.2) is 60.9 Å². The Morgan fingerprint density at radius 1 is 0.527 bits per heavy atom. The van der Waals surface area contributed by atoms with E-state index in [2.05, 4.69) is 69.2 Å². The first-order chi connectivity index (χ1) is 26.5. The Labute approximate surface area is 321 Å². The molecule has 2 aliphatic carbocycles. The third-order valence-electron chi connectivity index (χ3n) is 10.8. The zero-order chi connectivity index (χ0) is 38.9. The molecule has 16 heteroatoms. The molecule has 0 aliphatic heterocycles. The van der Waals surface area contributed by atoms with E-state index < -0.39 is 60.8 Å². The molecule has 0 unspecified atom stereocenters. The van der Waals surface area contributed by atoms with Gasteiger partial charge in [0.25, 0.3) is 0 Å². The summed E-state index contributed by atoms with van der Waals surface area (Å²) in [5.74, 6) is 0. The van der Waals surface area contributed by atoms with Gasteiger partial charge in [-0.3, -0.25) is 0 Å². The highest BCUT2D eigenvalue weighted by atomic mass is 16.5. The number of nitrogens with zero attached hydrogens (tertiary/aromatic N) is 6. The van der Waals surface area contributed by atoms with E-state index in [9.17, 15) is 20.4 Å². The smallest absolute Gasteiger partial charge is 0.109 e. The van der Waals surface area contributed by atoms with Crippen LogP contribution in [0.1, 0.15) is 72.2 Å². The summed E-state index contributed by atoms with van der Waals surface area (Å²) >= 11 is 0. The van der Waals surface area contributed by atoms with E-state index in [4.69, 9.17) is 32.4 Å². The highest BCUT2D eigenvalue weighted by molar-refractivity contribution is 5.31. The molecule has 0 bridgehead atoms. The van der Waals surface area contributed by atoms with E-state index in [0.717, 1.165) is 67.5 Å². The average Bonchev–Trinajstić information content (AvgIpc) is 3.82.